The van der Waals surface area contributed by atoms with Gasteiger partial charge in [-0.3, -0.25) is 0 Å². The highest BCUT2D eigenvalue weighted by atomic mass is 28.3. The summed E-state index contributed by atoms with van der Waals surface area (Å²) < 4.78 is 0. The lowest BCUT2D eigenvalue weighted by atomic mass is 10.7. The number of hydrogen-bond acceptors (Lipinski definition) is 2. The minimum atomic E-state index is -0.832. The molecule has 2 aliphatic heterocycles. The van der Waals surface area contributed by atoms with Crippen LogP contribution in [0, 0.1) is 0 Å². The molecule has 2 heterocycles. The summed E-state index contributed by atoms with van der Waals surface area (Å²) in [4.78, 5) is 5.12. The van der Waals surface area contributed by atoms with Crippen LogP contribution < -0.4 is 0 Å². The van der Waals surface area contributed by atoms with Crippen molar-refractivity contribution in [3.63, 3.8) is 0 Å². The molecule has 2 rings (SSSR count). The molecule has 0 amide bonds. The zero-order valence-corrected chi connectivity index (χ0v) is 10.1. The highest BCUT2D eigenvalue weighted by Crippen LogP contribution is 2.20. The van der Waals surface area contributed by atoms with Gasteiger partial charge in [0.1, 0.15) is 0 Å². The fourth-order valence-electron chi connectivity index (χ4n) is 1.64. The normalized spacial score (nSPS) is 23.5. The summed E-state index contributed by atoms with van der Waals surface area (Å²) in [5.41, 5.74) is 0. The Morgan fingerprint density at radius 1 is 0.846 bits per heavy atom. The Hall–Kier alpha value is 0.137. The van der Waals surface area contributed by atoms with Crippen molar-refractivity contribution in [1.29, 1.82) is 0 Å². The van der Waals surface area contributed by atoms with Crippen molar-refractivity contribution in [3.8, 4) is 0 Å². The van der Waals surface area contributed by atoms with Gasteiger partial charge in [-0.1, -0.05) is 13.1 Å². The minimum Gasteiger partial charge on any atom is -0.301 e. The highest BCUT2D eigenvalue weighted by molar-refractivity contribution is 6.77. The quantitative estimate of drug-likeness (QED) is 0.469. The molecule has 0 aliphatic carbocycles. The van der Waals surface area contributed by atoms with Crippen molar-refractivity contribution in [2.24, 2.45) is 0 Å². The van der Waals surface area contributed by atoms with Crippen molar-refractivity contribution in [2.45, 2.75) is 25.2 Å². The van der Waals surface area contributed by atoms with Crippen LogP contribution in [0.3, 0.4) is 0 Å². The van der Waals surface area contributed by atoms with E-state index in [2.05, 4.69) is 22.9 Å². The minimum absolute atomic E-state index is 0.832. The Morgan fingerprint density at radius 3 is 1.54 bits per heavy atom. The van der Waals surface area contributed by atoms with Gasteiger partial charge in [0, 0.05) is 34.3 Å². The zero-order valence-electron chi connectivity index (χ0n) is 9.05. The van der Waals surface area contributed by atoms with E-state index in [9.17, 15) is 0 Å². The van der Waals surface area contributed by atoms with Crippen LogP contribution in [-0.4, -0.2) is 57.1 Å². The standard InChI is InChI=1S/C10H22N2Si/c1-13(2,9-7-11-3-4-11)10-8-12-5-6-12/h3-10H2,1-2H3. The zero-order chi connectivity index (χ0) is 9.31. The molecule has 0 spiro atoms. The van der Waals surface area contributed by atoms with E-state index < -0.39 is 8.07 Å². The van der Waals surface area contributed by atoms with Gasteiger partial charge in [-0.25, -0.2) is 0 Å². The maximum Gasteiger partial charge on any atom is 0.0498 e. The molecule has 2 fully saturated rings. The van der Waals surface area contributed by atoms with Crippen molar-refractivity contribution in [1.82, 2.24) is 9.80 Å². The van der Waals surface area contributed by atoms with Crippen molar-refractivity contribution in [3.05, 3.63) is 0 Å². The van der Waals surface area contributed by atoms with Crippen LogP contribution in [0.1, 0.15) is 0 Å². The van der Waals surface area contributed by atoms with Crippen LogP contribution >= 0.6 is 0 Å². The Labute approximate surface area is 82.9 Å². The average Bonchev–Trinajstić information content (AvgIpc) is 2.92. The molecule has 0 radical (unpaired) electrons. The lowest BCUT2D eigenvalue weighted by Gasteiger charge is -2.22. The van der Waals surface area contributed by atoms with Gasteiger partial charge in [-0.2, -0.15) is 0 Å². The molecule has 0 bridgehead atoms. The molecule has 2 saturated heterocycles. The van der Waals surface area contributed by atoms with Crippen LogP contribution in [-0.2, 0) is 0 Å². The highest BCUT2D eigenvalue weighted by Gasteiger charge is 2.27. The third kappa shape index (κ3) is 3.79. The average molecular weight is 198 g/mol. The third-order valence-corrected chi connectivity index (χ3v) is 6.44. The summed E-state index contributed by atoms with van der Waals surface area (Å²) in [5.74, 6) is 0. The topological polar surface area (TPSA) is 6.02 Å². The maximum absolute atomic E-state index is 2.56. The summed E-state index contributed by atoms with van der Waals surface area (Å²) in [7, 11) is -0.832. The van der Waals surface area contributed by atoms with E-state index in [1.165, 1.54) is 51.4 Å². The van der Waals surface area contributed by atoms with Crippen LogP contribution in [0.15, 0.2) is 0 Å². The van der Waals surface area contributed by atoms with Gasteiger partial charge in [0.25, 0.3) is 0 Å². The van der Waals surface area contributed by atoms with Gasteiger partial charge in [-0.15, -0.1) is 0 Å². The van der Waals surface area contributed by atoms with Crippen LogP contribution in [0.2, 0.25) is 25.2 Å². The van der Waals surface area contributed by atoms with Gasteiger partial charge in [0.05, 0.1) is 0 Å². The molecule has 13 heavy (non-hydrogen) atoms. The maximum atomic E-state index is 2.56. The fourth-order valence-corrected chi connectivity index (χ4v) is 3.73. The fraction of sp³-hybridized carbons (Fsp3) is 1.00. The Bertz CT molecular complexity index is 156. The first-order valence-electron chi connectivity index (χ1n) is 5.60. The van der Waals surface area contributed by atoms with Crippen molar-refractivity contribution >= 4 is 8.07 Å². The van der Waals surface area contributed by atoms with E-state index in [-0.39, 0.29) is 0 Å². The second-order valence-corrected chi connectivity index (χ2v) is 10.7. The van der Waals surface area contributed by atoms with Gasteiger partial charge in [0.2, 0.25) is 0 Å². The molecular weight excluding hydrogens is 176 g/mol. The summed E-state index contributed by atoms with van der Waals surface area (Å²) in [6, 6.07) is 3.03. The molecule has 0 unspecified atom stereocenters. The Morgan fingerprint density at radius 2 is 1.23 bits per heavy atom. The van der Waals surface area contributed by atoms with Gasteiger partial charge < -0.3 is 9.80 Å². The lowest BCUT2D eigenvalue weighted by Crippen LogP contribution is -2.30. The molecule has 76 valence electrons. The second kappa shape index (κ2) is 3.71. The Kier molecular flexibility index (Phi) is 2.77. The summed E-state index contributed by atoms with van der Waals surface area (Å²) in [5, 5.41) is 0. The summed E-state index contributed by atoms with van der Waals surface area (Å²) in [6.07, 6.45) is 0. The van der Waals surface area contributed by atoms with Crippen molar-refractivity contribution < 1.29 is 0 Å². The van der Waals surface area contributed by atoms with E-state index in [1.54, 1.807) is 0 Å². The van der Waals surface area contributed by atoms with E-state index in [0.29, 0.717) is 0 Å². The largest absolute Gasteiger partial charge is 0.301 e. The monoisotopic (exact) mass is 198 g/mol. The summed E-state index contributed by atoms with van der Waals surface area (Å²) in [6.45, 7) is 13.4. The first-order chi connectivity index (χ1) is 6.16. The lowest BCUT2D eigenvalue weighted by molar-refractivity contribution is 0.575. The van der Waals surface area contributed by atoms with E-state index >= 15 is 0 Å². The summed E-state index contributed by atoms with van der Waals surface area (Å²) >= 11 is 0. The third-order valence-electron chi connectivity index (χ3n) is 3.29. The smallest absolute Gasteiger partial charge is 0.0498 e. The molecule has 0 aromatic carbocycles. The predicted molar refractivity (Wildman–Crippen MR) is 60.0 cm³/mol. The number of hydrogen-bond donors (Lipinski definition) is 0. The molecule has 0 aromatic rings. The first kappa shape index (κ1) is 9.68. The van der Waals surface area contributed by atoms with E-state index in [0.717, 1.165) is 0 Å². The molecule has 2 aliphatic rings. The van der Waals surface area contributed by atoms with Crippen LogP contribution in [0.4, 0.5) is 0 Å². The molecule has 0 saturated carbocycles. The van der Waals surface area contributed by atoms with Gasteiger partial charge in [-0.05, 0) is 25.2 Å². The number of nitrogens with zero attached hydrogens (tertiary/aromatic N) is 2. The van der Waals surface area contributed by atoms with Gasteiger partial charge >= 0.3 is 0 Å². The van der Waals surface area contributed by atoms with Crippen LogP contribution in [0.25, 0.3) is 0 Å². The van der Waals surface area contributed by atoms with Gasteiger partial charge in [0.15, 0.2) is 0 Å². The van der Waals surface area contributed by atoms with Crippen molar-refractivity contribution in [2.75, 3.05) is 39.3 Å². The van der Waals surface area contributed by atoms with E-state index in [1.807, 2.05) is 0 Å². The predicted octanol–water partition coefficient (Wildman–Crippen LogP) is 1.33. The number of rotatable bonds is 6. The Balaban J connectivity index is 1.60. The first-order valence-corrected chi connectivity index (χ1v) is 9.02. The second-order valence-electron chi connectivity index (χ2n) is 5.35. The molecule has 0 atom stereocenters. The van der Waals surface area contributed by atoms with E-state index in [4.69, 9.17) is 0 Å². The molecule has 0 aromatic heterocycles. The van der Waals surface area contributed by atoms with Crippen LogP contribution in [0.5, 0.6) is 0 Å². The SMILES string of the molecule is C[Si](C)(CCN1CC1)CCN1CC1. The molecule has 2 nitrogen and oxygen atoms in total. The molecule has 0 N–H and O–H groups in total. The molecule has 3 heteroatoms. The molecular formula is C10H22N2Si.